The van der Waals surface area contributed by atoms with E-state index < -0.39 is 29.5 Å². The van der Waals surface area contributed by atoms with Gasteiger partial charge in [-0.15, -0.1) is 0 Å². The van der Waals surface area contributed by atoms with Crippen LogP contribution in [0.4, 0.5) is 24.5 Å². The highest BCUT2D eigenvalue weighted by Crippen LogP contribution is 2.23. The molecule has 0 fully saturated rings. The van der Waals surface area contributed by atoms with Gasteiger partial charge >= 0.3 is 6.18 Å². The molecule has 0 bridgehead atoms. The molecule has 0 saturated heterocycles. The number of carbonyl (C=O) groups is 2. The Balaban J connectivity index is 2.25. The van der Waals surface area contributed by atoms with Crippen molar-refractivity contribution in [1.29, 1.82) is 0 Å². The number of anilines is 1. The second-order valence-corrected chi connectivity index (χ2v) is 5.99. The van der Waals surface area contributed by atoms with Crippen molar-refractivity contribution in [2.24, 2.45) is 0 Å². The molecule has 0 saturated carbocycles. The van der Waals surface area contributed by atoms with Crippen molar-refractivity contribution in [2.45, 2.75) is 20.0 Å². The Morgan fingerprint density at radius 2 is 1.79 bits per heavy atom. The minimum atomic E-state index is -4.54. The maximum Gasteiger partial charge on any atom is 0.405 e. The molecule has 7 nitrogen and oxygen atoms in total. The van der Waals surface area contributed by atoms with E-state index in [0.717, 1.165) is 0 Å². The number of alkyl halides is 3. The van der Waals surface area contributed by atoms with Gasteiger partial charge in [0.05, 0.1) is 4.92 Å². The monoisotopic (exact) mass is 395 g/mol. The van der Waals surface area contributed by atoms with E-state index in [-0.39, 0.29) is 28.1 Å². The van der Waals surface area contributed by atoms with Gasteiger partial charge in [0, 0.05) is 28.4 Å². The average molecular weight is 395 g/mol. The molecular weight excluding hydrogens is 379 g/mol. The topological polar surface area (TPSA) is 101 Å². The minimum absolute atomic E-state index is 0.0686. The number of nitrogens with one attached hydrogen (secondary N) is 2. The van der Waals surface area contributed by atoms with Gasteiger partial charge in [-0.3, -0.25) is 19.7 Å². The summed E-state index contributed by atoms with van der Waals surface area (Å²) in [5, 5.41) is 15.3. The van der Waals surface area contributed by atoms with Crippen LogP contribution in [0.3, 0.4) is 0 Å². The smallest absolute Gasteiger partial charge is 0.343 e. The number of nitro benzene ring substituents is 1. The Hall–Kier alpha value is -3.43. The summed E-state index contributed by atoms with van der Waals surface area (Å²) in [6, 6.07) is 8.09. The molecule has 0 radical (unpaired) electrons. The highest BCUT2D eigenvalue weighted by Gasteiger charge is 2.28. The number of benzene rings is 2. The molecule has 0 spiro atoms. The first kappa shape index (κ1) is 20.9. The lowest BCUT2D eigenvalue weighted by atomic mass is 10.0. The van der Waals surface area contributed by atoms with E-state index in [2.05, 4.69) is 5.32 Å². The predicted octanol–water partition coefficient (Wildman–Crippen LogP) is 3.76. The summed E-state index contributed by atoms with van der Waals surface area (Å²) in [4.78, 5) is 34.8. The minimum Gasteiger partial charge on any atom is -0.343 e. The second-order valence-electron chi connectivity index (χ2n) is 5.99. The number of amides is 2. The quantitative estimate of drug-likeness (QED) is 0.595. The van der Waals surface area contributed by atoms with Crippen LogP contribution in [0.5, 0.6) is 0 Å². The molecule has 10 heteroatoms. The maximum absolute atomic E-state index is 12.5. The molecular formula is C18H16F3N3O4. The first-order valence-electron chi connectivity index (χ1n) is 8.00. The zero-order chi connectivity index (χ0) is 21.1. The lowest BCUT2D eigenvalue weighted by molar-refractivity contribution is -0.385. The fourth-order valence-electron chi connectivity index (χ4n) is 2.44. The molecule has 0 aliphatic heterocycles. The van der Waals surface area contributed by atoms with Crippen molar-refractivity contribution in [1.82, 2.24) is 5.32 Å². The molecule has 0 aliphatic rings. The van der Waals surface area contributed by atoms with Crippen molar-refractivity contribution in [3.63, 3.8) is 0 Å². The van der Waals surface area contributed by atoms with E-state index >= 15 is 0 Å². The lowest BCUT2D eigenvalue weighted by Crippen LogP contribution is -2.33. The molecule has 2 N–H and O–H groups in total. The molecule has 28 heavy (non-hydrogen) atoms. The summed E-state index contributed by atoms with van der Waals surface area (Å²) in [6.45, 7) is 1.59. The van der Waals surface area contributed by atoms with E-state index in [1.807, 2.05) is 0 Å². The number of hydrogen-bond donors (Lipinski definition) is 2. The van der Waals surface area contributed by atoms with Gasteiger partial charge < -0.3 is 10.6 Å². The van der Waals surface area contributed by atoms with Gasteiger partial charge in [0.1, 0.15) is 6.54 Å². The summed E-state index contributed by atoms with van der Waals surface area (Å²) in [5.41, 5.74) is 0.715. The van der Waals surface area contributed by atoms with Crippen LogP contribution >= 0.6 is 0 Å². The van der Waals surface area contributed by atoms with Crippen molar-refractivity contribution < 1.29 is 27.7 Å². The number of aryl methyl sites for hydroxylation is 1. The van der Waals surface area contributed by atoms with Crippen molar-refractivity contribution in [3.8, 4) is 0 Å². The number of hydrogen-bond acceptors (Lipinski definition) is 4. The number of rotatable bonds is 5. The molecule has 0 aromatic heterocycles. The number of nitrogens with zero attached hydrogens (tertiary/aromatic N) is 1. The number of nitro groups is 1. The van der Waals surface area contributed by atoms with Gasteiger partial charge in [0.15, 0.2) is 0 Å². The van der Waals surface area contributed by atoms with Crippen LogP contribution in [0, 0.1) is 24.0 Å². The molecule has 0 unspecified atom stereocenters. The largest absolute Gasteiger partial charge is 0.405 e. The van der Waals surface area contributed by atoms with Crippen LogP contribution in [-0.2, 0) is 0 Å². The Morgan fingerprint density at radius 3 is 2.39 bits per heavy atom. The summed E-state index contributed by atoms with van der Waals surface area (Å²) >= 11 is 0. The first-order valence-corrected chi connectivity index (χ1v) is 8.00. The zero-order valence-electron chi connectivity index (χ0n) is 14.9. The lowest BCUT2D eigenvalue weighted by Gasteiger charge is -2.13. The van der Waals surface area contributed by atoms with Gasteiger partial charge in [0.25, 0.3) is 17.5 Å². The van der Waals surface area contributed by atoms with Crippen LogP contribution in [0.1, 0.15) is 31.8 Å². The van der Waals surface area contributed by atoms with Gasteiger partial charge in [-0.25, -0.2) is 0 Å². The van der Waals surface area contributed by atoms with E-state index in [0.29, 0.717) is 5.56 Å². The van der Waals surface area contributed by atoms with Gasteiger partial charge in [-0.05, 0) is 37.6 Å². The Kier molecular flexibility index (Phi) is 6.02. The normalized spacial score (nSPS) is 11.0. The van der Waals surface area contributed by atoms with Crippen LogP contribution < -0.4 is 10.6 Å². The van der Waals surface area contributed by atoms with E-state index in [1.54, 1.807) is 12.2 Å². The number of halogens is 3. The fourth-order valence-corrected chi connectivity index (χ4v) is 2.44. The molecule has 2 amide bonds. The zero-order valence-corrected chi connectivity index (χ0v) is 14.9. The Bertz CT molecular complexity index is 942. The third-order valence-corrected chi connectivity index (χ3v) is 3.94. The molecule has 2 aromatic carbocycles. The highest BCUT2D eigenvalue weighted by atomic mass is 19.4. The Labute approximate surface area is 157 Å². The van der Waals surface area contributed by atoms with Crippen LogP contribution in [0.2, 0.25) is 0 Å². The van der Waals surface area contributed by atoms with E-state index in [1.165, 1.54) is 43.3 Å². The third-order valence-electron chi connectivity index (χ3n) is 3.94. The van der Waals surface area contributed by atoms with Gasteiger partial charge in [0.2, 0.25) is 0 Å². The molecule has 0 atom stereocenters. The molecule has 2 rings (SSSR count). The standard InChI is InChI=1S/C18H16F3N3O4/c1-10-6-7-12(16(25)22-9-18(19,20)21)8-14(10)23-17(26)13-4-3-5-15(11(13)2)24(27)28/h3-8H,9H2,1-2H3,(H,22,25)(H,23,26). The van der Waals surface area contributed by atoms with Gasteiger partial charge in [-0.1, -0.05) is 12.1 Å². The highest BCUT2D eigenvalue weighted by molar-refractivity contribution is 6.07. The first-order chi connectivity index (χ1) is 13.0. The van der Waals surface area contributed by atoms with Gasteiger partial charge in [-0.2, -0.15) is 13.2 Å². The molecule has 0 aliphatic carbocycles. The van der Waals surface area contributed by atoms with Crippen LogP contribution in [0.15, 0.2) is 36.4 Å². The Morgan fingerprint density at radius 1 is 1.11 bits per heavy atom. The maximum atomic E-state index is 12.5. The fraction of sp³-hybridized carbons (Fsp3) is 0.222. The summed E-state index contributed by atoms with van der Waals surface area (Å²) in [6.07, 6.45) is -4.54. The molecule has 2 aromatic rings. The molecule has 148 valence electrons. The van der Waals surface area contributed by atoms with Crippen molar-refractivity contribution in [3.05, 3.63) is 68.8 Å². The summed E-state index contributed by atoms with van der Waals surface area (Å²) in [5.74, 6) is -1.59. The number of carbonyl (C=O) groups excluding carboxylic acids is 2. The van der Waals surface area contributed by atoms with Crippen LogP contribution in [-0.4, -0.2) is 29.5 Å². The predicted molar refractivity (Wildman–Crippen MR) is 95.4 cm³/mol. The average Bonchev–Trinajstić information content (AvgIpc) is 2.60. The third kappa shape index (κ3) is 5.06. The summed E-state index contributed by atoms with van der Waals surface area (Å²) in [7, 11) is 0. The molecule has 0 heterocycles. The second kappa shape index (κ2) is 8.07. The van der Waals surface area contributed by atoms with E-state index in [4.69, 9.17) is 0 Å². The summed E-state index contributed by atoms with van der Waals surface area (Å²) < 4.78 is 36.7. The van der Waals surface area contributed by atoms with Crippen LogP contribution in [0.25, 0.3) is 0 Å². The van der Waals surface area contributed by atoms with Crippen molar-refractivity contribution >= 4 is 23.2 Å². The SMILES string of the molecule is Cc1ccc(C(=O)NCC(F)(F)F)cc1NC(=O)c1cccc([N+](=O)[O-])c1C. The van der Waals surface area contributed by atoms with Crippen molar-refractivity contribution in [2.75, 3.05) is 11.9 Å². The van der Waals surface area contributed by atoms with E-state index in [9.17, 15) is 32.9 Å².